The second-order valence-corrected chi connectivity index (χ2v) is 7.43. The van der Waals surface area contributed by atoms with Crippen LogP contribution in [0.1, 0.15) is 32.6 Å². The summed E-state index contributed by atoms with van der Waals surface area (Å²) in [6, 6.07) is 8.42. The van der Waals surface area contributed by atoms with Crippen LogP contribution in [0, 0.1) is 0 Å². The summed E-state index contributed by atoms with van der Waals surface area (Å²) in [5.41, 5.74) is 0.830. The van der Waals surface area contributed by atoms with Crippen molar-refractivity contribution in [3.05, 3.63) is 35.2 Å². The fraction of sp³-hybridized carbons (Fsp3) is 0.526. The van der Waals surface area contributed by atoms with Gasteiger partial charge in [0.15, 0.2) is 5.96 Å². The maximum atomic E-state index is 6.02. The molecular weight excluding hydrogens is 491 g/mol. The smallest absolute Gasteiger partial charge is 0.246 e. The van der Waals surface area contributed by atoms with Gasteiger partial charge in [0.2, 0.25) is 11.7 Å². The lowest BCUT2D eigenvalue weighted by molar-refractivity contribution is 0.167. The maximum absolute atomic E-state index is 6.02. The highest BCUT2D eigenvalue weighted by Crippen LogP contribution is 2.19. The topological polar surface area (TPSA) is 78.6 Å². The molecule has 2 heterocycles. The molecule has 0 atom stereocenters. The molecular formula is C19H28ClIN6O. The van der Waals surface area contributed by atoms with E-state index in [1.165, 1.54) is 0 Å². The number of nitrogens with zero attached hydrogens (tertiary/aromatic N) is 4. The van der Waals surface area contributed by atoms with E-state index < -0.39 is 0 Å². The first-order valence-electron chi connectivity index (χ1n) is 9.35. The Bertz CT molecular complexity index is 773. The lowest BCUT2D eigenvalue weighted by atomic mass is 10.0. The Kier molecular flexibility index (Phi) is 8.97. The van der Waals surface area contributed by atoms with Crippen molar-refractivity contribution >= 4 is 41.5 Å². The van der Waals surface area contributed by atoms with Crippen molar-refractivity contribution in [3.63, 3.8) is 0 Å². The number of halogens is 2. The number of benzene rings is 1. The first-order chi connectivity index (χ1) is 13.0. The zero-order valence-electron chi connectivity index (χ0n) is 16.5. The Morgan fingerprint density at radius 2 is 2.11 bits per heavy atom. The molecule has 2 N–H and O–H groups in total. The molecule has 0 radical (unpaired) electrons. The van der Waals surface area contributed by atoms with E-state index in [-0.39, 0.29) is 24.0 Å². The van der Waals surface area contributed by atoms with Gasteiger partial charge in [0.05, 0.1) is 6.54 Å². The van der Waals surface area contributed by atoms with Crippen LogP contribution >= 0.6 is 35.6 Å². The predicted molar refractivity (Wildman–Crippen MR) is 123 cm³/mol. The van der Waals surface area contributed by atoms with E-state index in [9.17, 15) is 0 Å². The molecule has 0 unspecified atom stereocenters. The van der Waals surface area contributed by atoms with Gasteiger partial charge in [-0.05, 0) is 38.8 Å². The molecule has 1 aromatic carbocycles. The quantitative estimate of drug-likeness (QED) is 0.358. The number of hydrogen-bond acceptors (Lipinski definition) is 5. The highest BCUT2D eigenvalue weighted by molar-refractivity contribution is 14.0. The first-order valence-corrected chi connectivity index (χ1v) is 9.72. The van der Waals surface area contributed by atoms with E-state index in [0.29, 0.717) is 35.4 Å². The van der Waals surface area contributed by atoms with E-state index in [1.807, 2.05) is 24.3 Å². The molecule has 1 aliphatic rings. The average molecular weight is 519 g/mol. The van der Waals surface area contributed by atoms with Crippen LogP contribution in [0.5, 0.6) is 0 Å². The van der Waals surface area contributed by atoms with Gasteiger partial charge in [-0.15, -0.1) is 24.0 Å². The van der Waals surface area contributed by atoms with E-state index in [4.69, 9.17) is 16.1 Å². The van der Waals surface area contributed by atoms with Crippen molar-refractivity contribution in [2.24, 2.45) is 4.99 Å². The molecule has 0 amide bonds. The molecule has 1 aromatic heterocycles. The van der Waals surface area contributed by atoms with Crippen molar-refractivity contribution < 1.29 is 4.52 Å². The zero-order valence-corrected chi connectivity index (χ0v) is 19.6. The Hall–Kier alpha value is -1.39. The van der Waals surface area contributed by atoms with Gasteiger partial charge in [-0.3, -0.25) is 4.99 Å². The number of piperidine rings is 1. The number of nitrogens with one attached hydrogen (secondary N) is 2. The summed E-state index contributed by atoms with van der Waals surface area (Å²) in [6.07, 6.45) is 2.22. The minimum atomic E-state index is 0. The Labute approximate surface area is 188 Å². The lowest BCUT2D eigenvalue weighted by Crippen LogP contribution is -2.49. The summed E-state index contributed by atoms with van der Waals surface area (Å²) < 4.78 is 5.33. The monoisotopic (exact) mass is 518 g/mol. The fourth-order valence-corrected chi connectivity index (χ4v) is 3.37. The molecule has 2 aromatic rings. The summed E-state index contributed by atoms with van der Waals surface area (Å²) in [7, 11) is 1.77. The average Bonchev–Trinajstić information content (AvgIpc) is 3.14. The summed E-state index contributed by atoms with van der Waals surface area (Å²) in [5.74, 6) is 1.78. The normalized spacial score (nSPS) is 16.1. The van der Waals surface area contributed by atoms with Gasteiger partial charge in [-0.25, -0.2) is 0 Å². The van der Waals surface area contributed by atoms with Gasteiger partial charge in [-0.1, -0.05) is 28.9 Å². The van der Waals surface area contributed by atoms with Crippen molar-refractivity contribution in [3.8, 4) is 11.4 Å². The first kappa shape index (κ1) is 22.9. The van der Waals surface area contributed by atoms with E-state index in [0.717, 1.165) is 37.5 Å². The van der Waals surface area contributed by atoms with Crippen LogP contribution < -0.4 is 10.6 Å². The van der Waals surface area contributed by atoms with Gasteiger partial charge in [-0.2, -0.15) is 4.98 Å². The van der Waals surface area contributed by atoms with Gasteiger partial charge >= 0.3 is 0 Å². The van der Waals surface area contributed by atoms with Gasteiger partial charge in [0.1, 0.15) is 0 Å². The second kappa shape index (κ2) is 11.0. The minimum Gasteiger partial charge on any atom is -0.354 e. The van der Waals surface area contributed by atoms with Crippen LogP contribution in [0.2, 0.25) is 5.02 Å². The van der Waals surface area contributed by atoms with Gasteiger partial charge in [0.25, 0.3) is 0 Å². The molecule has 3 rings (SSSR count). The van der Waals surface area contributed by atoms with Crippen LogP contribution in [0.15, 0.2) is 33.8 Å². The molecule has 1 fully saturated rings. The molecule has 28 heavy (non-hydrogen) atoms. The zero-order chi connectivity index (χ0) is 19.2. The van der Waals surface area contributed by atoms with Crippen LogP contribution in [-0.4, -0.2) is 53.2 Å². The number of aliphatic imine (C=N–C) groups is 1. The standard InChI is InChI=1S/C19H27ClN6O.HI/c1-13(2)26-9-7-16(8-10-26)23-19(21-3)22-12-17-24-18(25-27-17)14-5-4-6-15(20)11-14;/h4-6,11,13,16H,7-10,12H2,1-3H3,(H2,21,22,23);1H. The maximum Gasteiger partial charge on any atom is 0.246 e. The highest BCUT2D eigenvalue weighted by atomic mass is 127. The summed E-state index contributed by atoms with van der Waals surface area (Å²) >= 11 is 6.02. The summed E-state index contributed by atoms with van der Waals surface area (Å²) in [6.45, 7) is 7.13. The van der Waals surface area contributed by atoms with Crippen molar-refractivity contribution in [1.82, 2.24) is 25.7 Å². The molecule has 0 aliphatic carbocycles. The molecule has 9 heteroatoms. The van der Waals surface area contributed by atoms with Crippen molar-refractivity contribution in [2.75, 3.05) is 20.1 Å². The molecule has 7 nitrogen and oxygen atoms in total. The summed E-state index contributed by atoms with van der Waals surface area (Å²) in [5, 5.41) is 11.4. The molecule has 0 bridgehead atoms. The van der Waals surface area contributed by atoms with Crippen LogP contribution in [0.3, 0.4) is 0 Å². The Balaban J connectivity index is 0.00000280. The molecule has 0 saturated carbocycles. The van der Waals surface area contributed by atoms with Gasteiger partial charge in [0, 0.05) is 42.8 Å². The van der Waals surface area contributed by atoms with E-state index in [2.05, 4.69) is 44.5 Å². The van der Waals surface area contributed by atoms with Crippen LogP contribution in [0.25, 0.3) is 11.4 Å². The molecule has 1 aliphatic heterocycles. The summed E-state index contributed by atoms with van der Waals surface area (Å²) in [4.78, 5) is 11.2. The molecule has 154 valence electrons. The number of guanidine groups is 1. The molecule has 1 saturated heterocycles. The van der Waals surface area contributed by atoms with E-state index >= 15 is 0 Å². The van der Waals surface area contributed by atoms with Crippen molar-refractivity contribution in [1.29, 1.82) is 0 Å². The van der Waals surface area contributed by atoms with Gasteiger partial charge < -0.3 is 20.1 Å². The lowest BCUT2D eigenvalue weighted by Gasteiger charge is -2.35. The number of hydrogen-bond donors (Lipinski definition) is 2. The van der Waals surface area contributed by atoms with Crippen LogP contribution in [0.4, 0.5) is 0 Å². The molecule has 0 spiro atoms. The Morgan fingerprint density at radius 3 is 2.75 bits per heavy atom. The Morgan fingerprint density at radius 1 is 1.36 bits per heavy atom. The van der Waals surface area contributed by atoms with Crippen molar-refractivity contribution in [2.45, 2.75) is 45.3 Å². The third-order valence-corrected chi connectivity index (χ3v) is 5.02. The third-order valence-electron chi connectivity index (χ3n) is 4.78. The fourth-order valence-electron chi connectivity index (χ4n) is 3.18. The predicted octanol–water partition coefficient (Wildman–Crippen LogP) is 3.55. The number of rotatable bonds is 5. The number of aromatic nitrogens is 2. The van der Waals surface area contributed by atoms with Crippen LogP contribution in [-0.2, 0) is 6.54 Å². The number of likely N-dealkylation sites (tertiary alicyclic amines) is 1. The second-order valence-electron chi connectivity index (χ2n) is 7.00. The SMILES string of the molecule is CN=C(NCc1nc(-c2cccc(Cl)c2)no1)NC1CCN(C(C)C)CC1.I. The third kappa shape index (κ3) is 6.31. The largest absolute Gasteiger partial charge is 0.354 e. The highest BCUT2D eigenvalue weighted by Gasteiger charge is 2.21. The minimum absolute atomic E-state index is 0. The van der Waals surface area contributed by atoms with E-state index in [1.54, 1.807) is 7.05 Å².